The van der Waals surface area contributed by atoms with E-state index in [1.165, 1.54) is 18.2 Å². The number of phenolic OH excluding ortho intramolecular Hbond substituents is 1. The van der Waals surface area contributed by atoms with Crippen LogP contribution in [0.25, 0.3) is 22.9 Å². The number of halogens is 3. The molecule has 1 N–H and O–H groups in total. The molecule has 4 heterocycles. The number of aromatic hydroxyl groups is 1. The second-order valence-electron chi connectivity index (χ2n) is 14.4. The average Bonchev–Trinajstić information content (AvgIpc) is 3.97. The highest BCUT2D eigenvalue weighted by Gasteiger charge is 2.21. The Morgan fingerprint density at radius 3 is 1.55 bits per heavy atom. The lowest BCUT2D eigenvalue weighted by Crippen LogP contribution is -2.22. The van der Waals surface area contributed by atoms with E-state index in [4.69, 9.17) is 92.4 Å². The first-order chi connectivity index (χ1) is 31.7. The Morgan fingerprint density at radius 1 is 0.631 bits per heavy atom. The Balaban J connectivity index is 0.000000184. The largest absolute Gasteiger partial charge is 0.508 e. The number of methoxy groups -OCH3 is 2. The topological polar surface area (TPSA) is 184 Å². The highest BCUT2D eigenvalue weighted by atomic mass is 35.5. The number of rotatable bonds is 14. The summed E-state index contributed by atoms with van der Waals surface area (Å²) in [7, 11) is 3.25. The molecule has 65 heavy (non-hydrogen) atoms. The molecule has 0 amide bonds. The van der Waals surface area contributed by atoms with E-state index in [-0.39, 0.29) is 42.4 Å². The first kappa shape index (κ1) is 48.6. The number of alkyl halides is 1. The number of hydrogen-bond acceptors (Lipinski definition) is 14. The van der Waals surface area contributed by atoms with Gasteiger partial charge in [0.05, 0.1) is 54.5 Å². The van der Waals surface area contributed by atoms with Crippen molar-refractivity contribution >= 4 is 34.8 Å². The van der Waals surface area contributed by atoms with Gasteiger partial charge in [0.2, 0.25) is 11.8 Å². The molecule has 2 aromatic heterocycles. The van der Waals surface area contributed by atoms with Gasteiger partial charge in [-0.05, 0) is 117 Å². The molecule has 17 heteroatoms. The van der Waals surface area contributed by atoms with E-state index in [0.717, 1.165) is 73.5 Å². The second kappa shape index (κ2) is 25.0. The van der Waals surface area contributed by atoms with Crippen LogP contribution in [0.2, 0.25) is 10.0 Å². The third-order valence-corrected chi connectivity index (χ3v) is 10.8. The van der Waals surface area contributed by atoms with E-state index in [2.05, 4.69) is 9.97 Å². The van der Waals surface area contributed by atoms with Crippen molar-refractivity contribution in [2.75, 3.05) is 27.4 Å². The summed E-state index contributed by atoms with van der Waals surface area (Å²) in [6, 6.07) is 28.0. The molecule has 340 valence electrons. The van der Waals surface area contributed by atoms with Gasteiger partial charge in [-0.25, -0.2) is 9.97 Å². The maximum absolute atomic E-state index is 9.03. The first-order valence-electron chi connectivity index (χ1n) is 20.7. The summed E-state index contributed by atoms with van der Waals surface area (Å²) in [4.78, 5) is 9.16. The number of ether oxygens (including phenoxy) is 7. The highest BCUT2D eigenvalue weighted by Crippen LogP contribution is 2.30. The predicted molar refractivity (Wildman–Crippen MR) is 242 cm³/mol. The molecular weight excluding hydrogens is 899 g/mol. The number of aromatic nitrogens is 2. The summed E-state index contributed by atoms with van der Waals surface area (Å²) in [6.45, 7) is 2.18. The zero-order valence-electron chi connectivity index (χ0n) is 35.8. The summed E-state index contributed by atoms with van der Waals surface area (Å²) in [5.41, 5.74) is 3.82. The molecule has 6 aromatic rings. The maximum Gasteiger partial charge on any atom is 0.226 e. The summed E-state index contributed by atoms with van der Waals surface area (Å²) in [5, 5.41) is 26.9. The SMILES string of the molecule is COc1ccc(-c2nc(COC3CCCCO3)c(CCl)o2)cc1.COc1ccc(-c2nc(COC3CCCCO3)c(COc3ccc(C#N)c(Cl)c3)o2)cc1.N#Cc1ccc(O)cc1Cl. The van der Waals surface area contributed by atoms with Gasteiger partial charge < -0.3 is 47.1 Å². The second-order valence-corrected chi connectivity index (χ2v) is 15.5. The molecule has 2 aliphatic rings. The van der Waals surface area contributed by atoms with Crippen LogP contribution in [-0.2, 0) is 44.6 Å². The minimum atomic E-state index is -0.240. The molecule has 0 aliphatic carbocycles. The van der Waals surface area contributed by atoms with Gasteiger partial charge in [0.25, 0.3) is 0 Å². The maximum atomic E-state index is 9.03. The number of benzene rings is 4. The van der Waals surface area contributed by atoms with Crippen LogP contribution >= 0.6 is 34.8 Å². The summed E-state index contributed by atoms with van der Waals surface area (Å²) in [5.74, 6) is 4.57. The van der Waals surface area contributed by atoms with Gasteiger partial charge in [0, 0.05) is 30.4 Å². The van der Waals surface area contributed by atoms with Crippen LogP contribution < -0.4 is 14.2 Å². The fourth-order valence-corrected chi connectivity index (χ4v) is 7.01. The molecule has 0 spiro atoms. The van der Waals surface area contributed by atoms with Crippen molar-refractivity contribution in [1.82, 2.24) is 9.97 Å². The van der Waals surface area contributed by atoms with E-state index in [1.54, 1.807) is 32.4 Å². The molecule has 14 nitrogen and oxygen atoms in total. The van der Waals surface area contributed by atoms with E-state index in [1.807, 2.05) is 60.7 Å². The Labute approximate surface area is 392 Å². The summed E-state index contributed by atoms with van der Waals surface area (Å²) >= 11 is 17.6. The van der Waals surface area contributed by atoms with E-state index < -0.39 is 0 Å². The van der Waals surface area contributed by atoms with Gasteiger partial charge in [-0.3, -0.25) is 0 Å². The lowest BCUT2D eigenvalue weighted by molar-refractivity contribution is -0.169. The molecule has 0 saturated carbocycles. The van der Waals surface area contributed by atoms with Crippen LogP contribution in [0.3, 0.4) is 0 Å². The standard InChI is InChI=1S/C24H23ClN2O5.C17H20ClNO4.C7H4ClNO/c1-28-18-8-5-16(6-9-18)24-27-21(14-31-23-4-2-3-11-29-23)22(32-24)15-30-19-10-7-17(13-26)20(25)12-19;1-20-13-7-5-12(6-8-13)17-19-14(15(10-18)23-17)11-22-16-4-2-3-9-21-16;8-7-3-6(10)2-1-5(7)4-9/h5-10,12,23H,2-4,11,14-15H2,1H3;5-8,16H,2-4,9-11H2,1H3;1-3,10H. The van der Waals surface area contributed by atoms with Crippen molar-refractivity contribution in [3.8, 4) is 58.0 Å². The fourth-order valence-electron chi connectivity index (χ4n) is 6.37. The van der Waals surface area contributed by atoms with Gasteiger partial charge in [0.15, 0.2) is 18.3 Å². The van der Waals surface area contributed by atoms with Crippen LogP contribution in [0.1, 0.15) is 72.6 Å². The van der Waals surface area contributed by atoms with Crippen LogP contribution in [0.5, 0.6) is 23.0 Å². The summed E-state index contributed by atoms with van der Waals surface area (Å²) < 4.78 is 50.9. The predicted octanol–water partition coefficient (Wildman–Crippen LogP) is 11.5. The van der Waals surface area contributed by atoms with Crippen molar-refractivity contribution in [3.63, 3.8) is 0 Å². The van der Waals surface area contributed by atoms with Crippen molar-refractivity contribution in [2.45, 2.75) is 76.8 Å². The van der Waals surface area contributed by atoms with E-state index in [9.17, 15) is 0 Å². The van der Waals surface area contributed by atoms with E-state index >= 15 is 0 Å². The Kier molecular flexibility index (Phi) is 18.7. The molecule has 2 atom stereocenters. The lowest BCUT2D eigenvalue weighted by atomic mass is 10.2. The molecular formula is C48H47Cl3N4O10. The number of nitriles is 2. The van der Waals surface area contributed by atoms with Gasteiger partial charge >= 0.3 is 0 Å². The molecule has 2 fully saturated rings. The van der Waals surface area contributed by atoms with Gasteiger partial charge in [-0.2, -0.15) is 10.5 Å². The molecule has 4 aromatic carbocycles. The minimum absolute atomic E-state index is 0.0731. The number of phenols is 1. The van der Waals surface area contributed by atoms with Crippen molar-refractivity contribution in [1.29, 1.82) is 10.5 Å². The quantitative estimate of drug-likeness (QED) is 0.102. The first-order valence-corrected chi connectivity index (χ1v) is 22.0. The van der Waals surface area contributed by atoms with Crippen molar-refractivity contribution in [2.24, 2.45) is 0 Å². The Bertz CT molecular complexity index is 2510. The molecule has 2 unspecified atom stereocenters. The zero-order valence-corrected chi connectivity index (χ0v) is 38.0. The van der Waals surface area contributed by atoms with Gasteiger partial charge in [0.1, 0.15) is 58.9 Å². The lowest BCUT2D eigenvalue weighted by Gasteiger charge is -2.22. The van der Waals surface area contributed by atoms with Gasteiger partial charge in [-0.15, -0.1) is 11.6 Å². The monoisotopic (exact) mass is 944 g/mol. The Morgan fingerprint density at radius 2 is 1.11 bits per heavy atom. The fraction of sp³-hybridized carbons (Fsp3) is 0.333. The van der Waals surface area contributed by atoms with Crippen LogP contribution in [0.4, 0.5) is 0 Å². The highest BCUT2D eigenvalue weighted by molar-refractivity contribution is 6.32. The van der Waals surface area contributed by atoms with Crippen molar-refractivity contribution in [3.05, 3.63) is 129 Å². The Hall–Kier alpha value is -5.81. The molecule has 0 bridgehead atoms. The van der Waals surface area contributed by atoms with Gasteiger partial charge in [-0.1, -0.05) is 23.2 Å². The zero-order chi connectivity index (χ0) is 46.0. The molecule has 2 saturated heterocycles. The van der Waals surface area contributed by atoms with Crippen LogP contribution in [0.15, 0.2) is 93.8 Å². The average molecular weight is 946 g/mol. The van der Waals surface area contributed by atoms with Crippen molar-refractivity contribution < 1.29 is 47.1 Å². The third-order valence-electron chi connectivity index (χ3n) is 9.94. The van der Waals surface area contributed by atoms with Crippen LogP contribution in [-0.4, -0.2) is 55.1 Å². The number of oxazole rings is 2. The van der Waals surface area contributed by atoms with Crippen LogP contribution in [0, 0.1) is 22.7 Å². The molecule has 8 rings (SSSR count). The molecule has 2 aliphatic heterocycles. The summed E-state index contributed by atoms with van der Waals surface area (Å²) in [6.07, 6.45) is 5.73. The molecule has 0 radical (unpaired) electrons. The normalized spacial score (nSPS) is 15.6. The number of hydrogen-bond donors (Lipinski definition) is 1. The van der Waals surface area contributed by atoms with E-state index in [0.29, 0.717) is 64.1 Å². The smallest absolute Gasteiger partial charge is 0.226 e. The number of nitrogens with zero attached hydrogens (tertiary/aromatic N) is 4. The third kappa shape index (κ3) is 14.3. The minimum Gasteiger partial charge on any atom is -0.508 e.